The van der Waals surface area contributed by atoms with Crippen LogP contribution in [0.1, 0.15) is 47.0 Å². The molecule has 98 valence electrons. The molecule has 0 spiro atoms. The van der Waals surface area contributed by atoms with Crippen LogP contribution in [0.25, 0.3) is 0 Å². The Morgan fingerprint density at radius 2 is 2.06 bits per heavy atom. The SMILES string of the molecule is CCC1(C(C)(C)C)CC(=O)CCN1CC(=O)O. The number of ketones is 1. The van der Waals surface area contributed by atoms with Crippen molar-refractivity contribution in [2.24, 2.45) is 5.41 Å². The second-order valence-electron chi connectivity index (χ2n) is 5.92. The molecule has 0 aliphatic carbocycles. The maximum atomic E-state index is 11.7. The molecular formula is C13H23NO3. The number of carbonyl (C=O) groups excluding carboxylic acids is 1. The molecule has 17 heavy (non-hydrogen) atoms. The second-order valence-corrected chi connectivity index (χ2v) is 5.92. The van der Waals surface area contributed by atoms with Gasteiger partial charge in [0.15, 0.2) is 0 Å². The van der Waals surface area contributed by atoms with E-state index in [1.807, 2.05) is 11.8 Å². The molecule has 4 nitrogen and oxygen atoms in total. The van der Waals surface area contributed by atoms with E-state index in [4.69, 9.17) is 5.11 Å². The molecule has 0 radical (unpaired) electrons. The Bertz CT molecular complexity index is 319. The topological polar surface area (TPSA) is 57.6 Å². The minimum Gasteiger partial charge on any atom is -0.480 e. The lowest BCUT2D eigenvalue weighted by Gasteiger charge is -2.53. The van der Waals surface area contributed by atoms with Gasteiger partial charge in [0, 0.05) is 24.9 Å². The standard InChI is InChI=1S/C13H23NO3/c1-5-13(12(2,3)4)8-10(15)6-7-14(13)9-11(16)17/h5-9H2,1-4H3,(H,16,17). The van der Waals surface area contributed by atoms with Crippen molar-refractivity contribution < 1.29 is 14.7 Å². The first-order chi connectivity index (χ1) is 7.73. The van der Waals surface area contributed by atoms with Gasteiger partial charge in [0.2, 0.25) is 0 Å². The van der Waals surface area contributed by atoms with Crippen LogP contribution in [0.5, 0.6) is 0 Å². The van der Waals surface area contributed by atoms with Crippen molar-refractivity contribution in [3.63, 3.8) is 0 Å². The minimum atomic E-state index is -0.818. The van der Waals surface area contributed by atoms with Crippen LogP contribution in [0.15, 0.2) is 0 Å². The van der Waals surface area contributed by atoms with E-state index >= 15 is 0 Å². The predicted octanol–water partition coefficient (Wildman–Crippen LogP) is 1.93. The van der Waals surface area contributed by atoms with Crippen molar-refractivity contribution in [3.8, 4) is 0 Å². The third-order valence-electron chi connectivity index (χ3n) is 4.06. The van der Waals surface area contributed by atoms with Crippen LogP contribution >= 0.6 is 0 Å². The van der Waals surface area contributed by atoms with E-state index in [0.717, 1.165) is 6.42 Å². The highest BCUT2D eigenvalue weighted by Crippen LogP contribution is 2.43. The van der Waals surface area contributed by atoms with Crippen LogP contribution in [0.2, 0.25) is 0 Å². The summed E-state index contributed by atoms with van der Waals surface area (Å²) in [4.78, 5) is 24.7. The summed E-state index contributed by atoms with van der Waals surface area (Å²) in [5.41, 5.74) is -0.423. The zero-order valence-electron chi connectivity index (χ0n) is 11.2. The average Bonchev–Trinajstić information content (AvgIpc) is 2.18. The fourth-order valence-electron chi connectivity index (χ4n) is 3.01. The van der Waals surface area contributed by atoms with Gasteiger partial charge in [0.25, 0.3) is 0 Å². The fraction of sp³-hybridized carbons (Fsp3) is 0.846. The molecular weight excluding hydrogens is 218 g/mol. The first kappa shape index (κ1) is 14.2. The molecule has 0 bridgehead atoms. The molecule has 1 unspecified atom stereocenters. The normalized spacial score (nSPS) is 27.2. The number of aliphatic carboxylic acids is 1. The highest BCUT2D eigenvalue weighted by atomic mass is 16.4. The van der Waals surface area contributed by atoms with Gasteiger partial charge in [-0.15, -0.1) is 0 Å². The van der Waals surface area contributed by atoms with Crippen LogP contribution in [0.3, 0.4) is 0 Å². The molecule has 1 saturated heterocycles. The lowest BCUT2D eigenvalue weighted by atomic mass is 9.66. The Kier molecular flexibility index (Phi) is 3.97. The fourth-order valence-corrected chi connectivity index (χ4v) is 3.01. The number of carboxylic acid groups (broad SMARTS) is 1. The summed E-state index contributed by atoms with van der Waals surface area (Å²) in [6, 6.07) is 0. The third kappa shape index (κ3) is 2.68. The predicted molar refractivity (Wildman–Crippen MR) is 65.9 cm³/mol. The monoisotopic (exact) mass is 241 g/mol. The molecule has 4 heteroatoms. The zero-order chi connectivity index (χ0) is 13.3. The van der Waals surface area contributed by atoms with Gasteiger partial charge < -0.3 is 5.11 Å². The van der Waals surface area contributed by atoms with Crippen molar-refractivity contribution in [3.05, 3.63) is 0 Å². The van der Waals surface area contributed by atoms with Crippen LogP contribution in [0, 0.1) is 5.41 Å². The molecule has 0 saturated carbocycles. The number of carboxylic acids is 1. The number of nitrogens with zero attached hydrogens (tertiary/aromatic N) is 1. The number of hydrogen-bond donors (Lipinski definition) is 1. The van der Waals surface area contributed by atoms with E-state index in [1.54, 1.807) is 0 Å². The summed E-state index contributed by atoms with van der Waals surface area (Å²) in [6.45, 7) is 8.89. The molecule has 0 aromatic heterocycles. The van der Waals surface area contributed by atoms with Crippen molar-refractivity contribution in [1.82, 2.24) is 4.90 Å². The molecule has 1 rings (SSSR count). The average molecular weight is 241 g/mol. The Hall–Kier alpha value is -0.900. The molecule has 1 heterocycles. The number of rotatable bonds is 3. The number of hydrogen-bond acceptors (Lipinski definition) is 3. The van der Waals surface area contributed by atoms with Gasteiger partial charge in [-0.1, -0.05) is 27.7 Å². The first-order valence-electron chi connectivity index (χ1n) is 6.21. The summed E-state index contributed by atoms with van der Waals surface area (Å²) < 4.78 is 0. The van der Waals surface area contributed by atoms with E-state index in [2.05, 4.69) is 20.8 Å². The molecule has 1 aliphatic rings. The van der Waals surface area contributed by atoms with Crippen molar-refractivity contribution in [2.75, 3.05) is 13.1 Å². The van der Waals surface area contributed by atoms with Crippen LogP contribution in [-0.2, 0) is 9.59 Å². The van der Waals surface area contributed by atoms with Crippen molar-refractivity contribution in [2.45, 2.75) is 52.5 Å². The quantitative estimate of drug-likeness (QED) is 0.820. The lowest BCUT2D eigenvalue weighted by Crippen LogP contribution is -2.62. The number of piperidine rings is 1. The molecule has 1 N–H and O–H groups in total. The van der Waals surface area contributed by atoms with Crippen molar-refractivity contribution >= 4 is 11.8 Å². The van der Waals surface area contributed by atoms with Gasteiger partial charge in [-0.3, -0.25) is 14.5 Å². The summed E-state index contributed by atoms with van der Waals surface area (Å²) in [5, 5.41) is 9.00. The van der Waals surface area contributed by atoms with E-state index in [9.17, 15) is 9.59 Å². The molecule has 1 aliphatic heterocycles. The summed E-state index contributed by atoms with van der Waals surface area (Å²) >= 11 is 0. The highest BCUT2D eigenvalue weighted by Gasteiger charge is 2.49. The number of carbonyl (C=O) groups is 2. The molecule has 0 aromatic carbocycles. The Morgan fingerprint density at radius 1 is 1.47 bits per heavy atom. The Morgan fingerprint density at radius 3 is 2.47 bits per heavy atom. The lowest BCUT2D eigenvalue weighted by molar-refractivity contribution is -0.148. The first-order valence-corrected chi connectivity index (χ1v) is 6.21. The molecule has 0 aromatic rings. The van der Waals surface area contributed by atoms with E-state index < -0.39 is 5.97 Å². The van der Waals surface area contributed by atoms with Gasteiger partial charge >= 0.3 is 5.97 Å². The van der Waals surface area contributed by atoms with E-state index in [-0.39, 0.29) is 23.3 Å². The van der Waals surface area contributed by atoms with Gasteiger partial charge in [0.1, 0.15) is 5.78 Å². The number of likely N-dealkylation sites (tertiary alicyclic amines) is 1. The summed E-state index contributed by atoms with van der Waals surface area (Å²) in [5.74, 6) is -0.565. The van der Waals surface area contributed by atoms with Crippen LogP contribution < -0.4 is 0 Å². The largest absolute Gasteiger partial charge is 0.480 e. The third-order valence-corrected chi connectivity index (χ3v) is 4.06. The molecule has 0 amide bonds. The van der Waals surface area contributed by atoms with Crippen LogP contribution in [-0.4, -0.2) is 40.4 Å². The Balaban J connectivity index is 3.08. The summed E-state index contributed by atoms with van der Waals surface area (Å²) in [7, 11) is 0. The van der Waals surface area contributed by atoms with Crippen LogP contribution in [0.4, 0.5) is 0 Å². The smallest absolute Gasteiger partial charge is 0.317 e. The van der Waals surface area contributed by atoms with Gasteiger partial charge in [-0.05, 0) is 11.8 Å². The van der Waals surface area contributed by atoms with Gasteiger partial charge in [-0.2, -0.15) is 0 Å². The van der Waals surface area contributed by atoms with Crippen molar-refractivity contribution in [1.29, 1.82) is 0 Å². The maximum absolute atomic E-state index is 11.7. The molecule has 1 fully saturated rings. The van der Waals surface area contributed by atoms with Gasteiger partial charge in [0.05, 0.1) is 6.54 Å². The second kappa shape index (κ2) is 4.77. The molecule has 1 atom stereocenters. The van der Waals surface area contributed by atoms with E-state index in [1.165, 1.54) is 0 Å². The van der Waals surface area contributed by atoms with Gasteiger partial charge in [-0.25, -0.2) is 0 Å². The van der Waals surface area contributed by atoms with E-state index in [0.29, 0.717) is 19.4 Å². The minimum absolute atomic E-state index is 0.0262. The maximum Gasteiger partial charge on any atom is 0.317 e. The number of Topliss-reactive ketones (excluding diaryl/α,β-unsaturated/α-hetero) is 1. The zero-order valence-corrected chi connectivity index (χ0v) is 11.2. The Labute approximate surface area is 103 Å². The summed E-state index contributed by atoms with van der Waals surface area (Å²) in [6.07, 6.45) is 1.75. The highest BCUT2D eigenvalue weighted by molar-refractivity contribution is 5.81.